The second kappa shape index (κ2) is 5.43. The first-order valence-electron chi connectivity index (χ1n) is 7.89. The second-order valence-electron chi connectivity index (χ2n) is 7.62. The van der Waals surface area contributed by atoms with Crippen LogP contribution in [0.4, 0.5) is 0 Å². The molecule has 1 aliphatic heterocycles. The third kappa shape index (κ3) is 3.31. The van der Waals surface area contributed by atoms with Gasteiger partial charge < -0.3 is 10.2 Å². The molecule has 0 radical (unpaired) electrons. The Hall–Kier alpha value is -0.570. The van der Waals surface area contributed by atoms with E-state index in [2.05, 4.69) is 37.9 Å². The molecule has 0 unspecified atom stereocenters. The molecule has 2 aliphatic rings. The summed E-state index contributed by atoms with van der Waals surface area (Å²) in [4.78, 5) is 15.2. The molecule has 3 nitrogen and oxygen atoms in total. The van der Waals surface area contributed by atoms with Gasteiger partial charge in [-0.15, -0.1) is 0 Å². The van der Waals surface area contributed by atoms with Crippen molar-refractivity contribution in [2.45, 2.75) is 65.3 Å². The van der Waals surface area contributed by atoms with E-state index in [4.69, 9.17) is 0 Å². The largest absolute Gasteiger partial charge is 0.339 e. The Bertz CT molecular complexity index is 330. The van der Waals surface area contributed by atoms with Gasteiger partial charge in [-0.25, -0.2) is 0 Å². The van der Waals surface area contributed by atoms with E-state index < -0.39 is 0 Å². The number of carbonyl (C=O) groups excluding carboxylic acids is 1. The van der Waals surface area contributed by atoms with Gasteiger partial charge in [-0.3, -0.25) is 4.79 Å². The molecule has 3 heteroatoms. The summed E-state index contributed by atoms with van der Waals surface area (Å²) >= 11 is 0. The first-order chi connectivity index (χ1) is 8.85. The Morgan fingerprint density at radius 3 is 2.42 bits per heavy atom. The van der Waals surface area contributed by atoms with E-state index in [9.17, 15) is 4.79 Å². The second-order valence-corrected chi connectivity index (χ2v) is 7.62. The van der Waals surface area contributed by atoms with Gasteiger partial charge in [0.15, 0.2) is 0 Å². The van der Waals surface area contributed by atoms with Crippen LogP contribution in [0.2, 0.25) is 0 Å². The summed E-state index contributed by atoms with van der Waals surface area (Å²) in [5.41, 5.74) is 0.0210. The quantitative estimate of drug-likeness (QED) is 0.852. The molecule has 1 saturated carbocycles. The van der Waals surface area contributed by atoms with Gasteiger partial charge in [0.1, 0.15) is 0 Å². The summed E-state index contributed by atoms with van der Waals surface area (Å²) in [5, 5.41) is 3.49. The summed E-state index contributed by atoms with van der Waals surface area (Å²) < 4.78 is 0. The van der Waals surface area contributed by atoms with Crippen molar-refractivity contribution < 1.29 is 4.79 Å². The summed E-state index contributed by atoms with van der Waals surface area (Å²) in [7, 11) is 0. The molecule has 110 valence electrons. The molecule has 0 spiro atoms. The summed E-state index contributed by atoms with van der Waals surface area (Å²) in [6.45, 7) is 11.5. The normalized spacial score (nSPS) is 25.8. The highest BCUT2D eigenvalue weighted by molar-refractivity contribution is 5.83. The maximum absolute atomic E-state index is 13.0. The minimum atomic E-state index is -0.0401. The first-order valence-corrected chi connectivity index (χ1v) is 7.89. The molecule has 19 heavy (non-hydrogen) atoms. The molecular weight excluding hydrogens is 236 g/mol. The van der Waals surface area contributed by atoms with Crippen molar-refractivity contribution in [2.75, 3.05) is 19.6 Å². The van der Waals surface area contributed by atoms with E-state index in [0.29, 0.717) is 11.8 Å². The molecule has 0 atom stereocenters. The average molecular weight is 266 g/mol. The monoisotopic (exact) mass is 266 g/mol. The SMILES string of the molecule is CC(C)CC1(C(=O)N2CCNC(C)(C)C2)CCCC1. The molecule has 2 rings (SSSR count). The fourth-order valence-corrected chi connectivity index (χ4v) is 3.99. The molecule has 1 N–H and O–H groups in total. The zero-order valence-electron chi connectivity index (χ0n) is 13.1. The fraction of sp³-hybridized carbons (Fsp3) is 0.938. The average Bonchev–Trinajstić information content (AvgIpc) is 2.75. The van der Waals surface area contributed by atoms with Crippen LogP contribution in [0.3, 0.4) is 0 Å². The van der Waals surface area contributed by atoms with Gasteiger partial charge in [-0.1, -0.05) is 26.7 Å². The first kappa shape index (κ1) is 14.8. The molecule has 2 fully saturated rings. The van der Waals surface area contributed by atoms with Crippen molar-refractivity contribution in [3.05, 3.63) is 0 Å². The Morgan fingerprint density at radius 2 is 1.89 bits per heavy atom. The van der Waals surface area contributed by atoms with Crippen molar-refractivity contribution in [1.82, 2.24) is 10.2 Å². The number of nitrogens with one attached hydrogen (secondary N) is 1. The van der Waals surface area contributed by atoms with E-state index in [-0.39, 0.29) is 11.0 Å². The highest BCUT2D eigenvalue weighted by atomic mass is 16.2. The maximum atomic E-state index is 13.0. The van der Waals surface area contributed by atoms with E-state index in [0.717, 1.165) is 38.9 Å². The topological polar surface area (TPSA) is 32.3 Å². The number of carbonyl (C=O) groups is 1. The van der Waals surface area contributed by atoms with Crippen LogP contribution in [0.25, 0.3) is 0 Å². The molecule has 1 amide bonds. The molecule has 0 aromatic rings. The third-order valence-corrected chi connectivity index (χ3v) is 4.67. The van der Waals surface area contributed by atoms with Crippen molar-refractivity contribution in [2.24, 2.45) is 11.3 Å². The van der Waals surface area contributed by atoms with Crippen LogP contribution in [0.5, 0.6) is 0 Å². The molecule has 1 saturated heterocycles. The third-order valence-electron chi connectivity index (χ3n) is 4.67. The van der Waals surface area contributed by atoms with Crippen LogP contribution >= 0.6 is 0 Å². The minimum absolute atomic E-state index is 0.0401. The Labute approximate surface area is 118 Å². The number of piperazine rings is 1. The zero-order valence-corrected chi connectivity index (χ0v) is 13.1. The van der Waals surface area contributed by atoms with Crippen LogP contribution in [0.15, 0.2) is 0 Å². The van der Waals surface area contributed by atoms with Gasteiger partial charge in [0.25, 0.3) is 0 Å². The molecule has 1 heterocycles. The molecule has 1 aliphatic carbocycles. The zero-order chi connectivity index (χ0) is 14.1. The van der Waals surface area contributed by atoms with Gasteiger partial charge in [0, 0.05) is 30.6 Å². The van der Waals surface area contributed by atoms with Crippen molar-refractivity contribution >= 4 is 5.91 Å². The standard InChI is InChI=1S/C16H30N2O/c1-13(2)11-16(7-5-6-8-16)14(19)18-10-9-17-15(3,4)12-18/h13,17H,5-12H2,1-4H3. The lowest BCUT2D eigenvalue weighted by Gasteiger charge is -2.43. The molecule has 0 aromatic heterocycles. The van der Waals surface area contributed by atoms with Crippen LogP contribution in [0, 0.1) is 11.3 Å². The van der Waals surface area contributed by atoms with Gasteiger partial charge in [0.05, 0.1) is 0 Å². The lowest BCUT2D eigenvalue weighted by atomic mass is 9.77. The van der Waals surface area contributed by atoms with Gasteiger partial charge in [0.2, 0.25) is 5.91 Å². The highest BCUT2D eigenvalue weighted by Crippen LogP contribution is 2.44. The van der Waals surface area contributed by atoms with Crippen molar-refractivity contribution in [3.8, 4) is 0 Å². The van der Waals surface area contributed by atoms with E-state index in [1.807, 2.05) is 0 Å². The lowest BCUT2D eigenvalue weighted by Crippen LogP contribution is -2.60. The smallest absolute Gasteiger partial charge is 0.228 e. The Kier molecular flexibility index (Phi) is 4.24. The van der Waals surface area contributed by atoms with Crippen molar-refractivity contribution in [3.63, 3.8) is 0 Å². The summed E-state index contributed by atoms with van der Waals surface area (Å²) in [6, 6.07) is 0. The van der Waals surface area contributed by atoms with Crippen LogP contribution < -0.4 is 5.32 Å². The fourth-order valence-electron chi connectivity index (χ4n) is 3.99. The number of hydrogen-bond acceptors (Lipinski definition) is 2. The van der Waals surface area contributed by atoms with Gasteiger partial charge >= 0.3 is 0 Å². The Morgan fingerprint density at radius 1 is 1.26 bits per heavy atom. The lowest BCUT2D eigenvalue weighted by molar-refractivity contribution is -0.145. The molecule has 0 aromatic carbocycles. The predicted molar refractivity (Wildman–Crippen MR) is 79.0 cm³/mol. The van der Waals surface area contributed by atoms with Crippen LogP contribution in [-0.2, 0) is 4.79 Å². The minimum Gasteiger partial charge on any atom is -0.339 e. The van der Waals surface area contributed by atoms with Gasteiger partial charge in [-0.05, 0) is 39.0 Å². The maximum Gasteiger partial charge on any atom is 0.228 e. The van der Waals surface area contributed by atoms with Gasteiger partial charge in [-0.2, -0.15) is 0 Å². The van der Waals surface area contributed by atoms with Crippen molar-refractivity contribution in [1.29, 1.82) is 0 Å². The summed E-state index contributed by atoms with van der Waals surface area (Å²) in [5.74, 6) is 1.05. The highest BCUT2D eigenvalue weighted by Gasteiger charge is 2.45. The Balaban J connectivity index is 2.11. The predicted octanol–water partition coefficient (Wildman–Crippen LogP) is 2.80. The van der Waals surface area contributed by atoms with E-state index in [1.165, 1.54) is 12.8 Å². The number of hydrogen-bond donors (Lipinski definition) is 1. The van der Waals surface area contributed by atoms with Crippen LogP contribution in [0.1, 0.15) is 59.8 Å². The molecule has 0 bridgehead atoms. The molecular formula is C16H30N2O. The van der Waals surface area contributed by atoms with E-state index >= 15 is 0 Å². The number of rotatable bonds is 3. The number of amides is 1. The van der Waals surface area contributed by atoms with Crippen LogP contribution in [-0.4, -0.2) is 36.0 Å². The summed E-state index contributed by atoms with van der Waals surface area (Å²) in [6.07, 6.45) is 5.74. The van der Waals surface area contributed by atoms with E-state index in [1.54, 1.807) is 0 Å². The number of nitrogens with zero attached hydrogens (tertiary/aromatic N) is 1.